The summed E-state index contributed by atoms with van der Waals surface area (Å²) in [5.41, 5.74) is 0.922. The molecule has 2 N–H and O–H groups in total. The van der Waals surface area contributed by atoms with Crippen LogP contribution in [0.25, 0.3) is 0 Å². The molecule has 0 fully saturated rings. The minimum absolute atomic E-state index is 0.231. The third kappa shape index (κ3) is 5.62. The van der Waals surface area contributed by atoms with Gasteiger partial charge in [-0.2, -0.15) is 0 Å². The average Bonchev–Trinajstić information content (AvgIpc) is 2.46. The molecule has 0 heterocycles. The maximum atomic E-state index is 9.98. The summed E-state index contributed by atoms with van der Waals surface area (Å²) >= 11 is 10.3. The smallest absolute Gasteiger partial charge is 0.120 e. The first-order valence-electron chi connectivity index (χ1n) is 6.30. The van der Waals surface area contributed by atoms with Crippen LogP contribution in [0.1, 0.15) is 0 Å². The van der Waals surface area contributed by atoms with Crippen LogP contribution in [0.15, 0.2) is 55.9 Å². The zero-order valence-corrected chi connectivity index (χ0v) is 15.8. The van der Waals surface area contributed by atoms with Crippen molar-refractivity contribution < 1.29 is 9.84 Å². The Morgan fingerprint density at radius 1 is 1.05 bits per heavy atom. The number of benzene rings is 2. The highest BCUT2D eigenvalue weighted by molar-refractivity contribution is 9.11. The Morgan fingerprint density at radius 2 is 1.81 bits per heavy atom. The van der Waals surface area contributed by atoms with Gasteiger partial charge in [0.25, 0.3) is 0 Å². The Hall–Kier alpha value is -0.560. The maximum absolute atomic E-state index is 9.98. The lowest BCUT2D eigenvalue weighted by Crippen LogP contribution is -2.26. The molecule has 112 valence electrons. The van der Waals surface area contributed by atoms with E-state index in [9.17, 15) is 5.11 Å². The molecule has 0 saturated carbocycles. The molecule has 6 heteroatoms. The minimum Gasteiger partial charge on any atom is -0.491 e. The van der Waals surface area contributed by atoms with Gasteiger partial charge in [0.2, 0.25) is 0 Å². The number of rotatable bonds is 6. The predicted molar refractivity (Wildman–Crippen MR) is 96.0 cm³/mol. The molecule has 0 aliphatic rings. The zero-order chi connectivity index (χ0) is 15.2. The fourth-order valence-corrected chi connectivity index (χ4v) is 2.79. The van der Waals surface area contributed by atoms with E-state index < -0.39 is 6.10 Å². The summed E-state index contributed by atoms with van der Waals surface area (Å²) in [5, 5.41) is 13.2. The standard InChI is InChI=1S/C15H14Br3NO2/c16-10-2-1-3-13(6-10)21-9-12(20)8-19-15-7-11(17)4-5-14(15)18/h1-7,12,19-20H,8-9H2. The van der Waals surface area contributed by atoms with Crippen molar-refractivity contribution in [1.29, 1.82) is 0 Å². The summed E-state index contributed by atoms with van der Waals surface area (Å²) in [5.74, 6) is 0.729. The lowest BCUT2D eigenvalue weighted by molar-refractivity contribution is 0.117. The van der Waals surface area contributed by atoms with Crippen molar-refractivity contribution in [1.82, 2.24) is 0 Å². The average molecular weight is 480 g/mol. The molecule has 3 nitrogen and oxygen atoms in total. The number of hydrogen-bond acceptors (Lipinski definition) is 3. The van der Waals surface area contributed by atoms with Crippen molar-refractivity contribution in [2.24, 2.45) is 0 Å². The van der Waals surface area contributed by atoms with Gasteiger partial charge < -0.3 is 15.2 Å². The van der Waals surface area contributed by atoms with E-state index in [1.54, 1.807) is 0 Å². The molecule has 0 aliphatic heterocycles. The van der Waals surface area contributed by atoms with Crippen LogP contribution in [0.3, 0.4) is 0 Å². The van der Waals surface area contributed by atoms with E-state index in [1.165, 1.54) is 0 Å². The highest BCUT2D eigenvalue weighted by Crippen LogP contribution is 2.26. The molecule has 2 rings (SSSR count). The number of aliphatic hydroxyl groups excluding tert-OH is 1. The Bertz CT molecular complexity index is 607. The normalized spacial score (nSPS) is 12.0. The van der Waals surface area contributed by atoms with Gasteiger partial charge >= 0.3 is 0 Å². The van der Waals surface area contributed by atoms with Crippen LogP contribution in [0.2, 0.25) is 0 Å². The second-order valence-electron chi connectivity index (χ2n) is 4.43. The molecule has 0 spiro atoms. The van der Waals surface area contributed by atoms with Gasteiger partial charge in [-0.3, -0.25) is 0 Å². The van der Waals surface area contributed by atoms with E-state index >= 15 is 0 Å². The molecule has 0 radical (unpaired) electrons. The van der Waals surface area contributed by atoms with Crippen molar-refractivity contribution >= 4 is 53.5 Å². The van der Waals surface area contributed by atoms with Gasteiger partial charge in [-0.15, -0.1) is 0 Å². The molecule has 1 atom stereocenters. The summed E-state index contributed by atoms with van der Waals surface area (Å²) in [7, 11) is 0. The van der Waals surface area contributed by atoms with Gasteiger partial charge in [0, 0.05) is 25.7 Å². The van der Waals surface area contributed by atoms with Crippen molar-refractivity contribution in [3.05, 3.63) is 55.9 Å². The van der Waals surface area contributed by atoms with E-state index in [-0.39, 0.29) is 6.61 Å². The maximum Gasteiger partial charge on any atom is 0.120 e. The predicted octanol–water partition coefficient (Wildman–Crippen LogP) is 4.83. The highest BCUT2D eigenvalue weighted by Gasteiger charge is 2.07. The van der Waals surface area contributed by atoms with Crippen molar-refractivity contribution in [2.75, 3.05) is 18.5 Å². The van der Waals surface area contributed by atoms with Gasteiger partial charge in [-0.25, -0.2) is 0 Å². The van der Waals surface area contributed by atoms with Crippen LogP contribution in [0.5, 0.6) is 5.75 Å². The van der Waals surface area contributed by atoms with Crippen molar-refractivity contribution in [2.45, 2.75) is 6.10 Å². The Balaban J connectivity index is 1.82. The van der Waals surface area contributed by atoms with E-state index in [2.05, 4.69) is 53.1 Å². The number of nitrogens with one attached hydrogen (secondary N) is 1. The van der Waals surface area contributed by atoms with Crippen LogP contribution in [0, 0.1) is 0 Å². The van der Waals surface area contributed by atoms with Gasteiger partial charge in [-0.05, 0) is 52.3 Å². The Kier molecular flexibility index (Phi) is 6.54. The number of ether oxygens (including phenoxy) is 1. The van der Waals surface area contributed by atoms with Gasteiger partial charge in [-0.1, -0.05) is 37.9 Å². The lowest BCUT2D eigenvalue weighted by atomic mass is 10.3. The van der Waals surface area contributed by atoms with Gasteiger partial charge in [0.1, 0.15) is 18.5 Å². The summed E-state index contributed by atoms with van der Waals surface area (Å²) in [6, 6.07) is 13.4. The van der Waals surface area contributed by atoms with Crippen LogP contribution in [0.4, 0.5) is 5.69 Å². The molecule has 0 bridgehead atoms. The van der Waals surface area contributed by atoms with Gasteiger partial charge in [0.15, 0.2) is 0 Å². The molecular weight excluding hydrogens is 466 g/mol. The monoisotopic (exact) mass is 477 g/mol. The van der Waals surface area contributed by atoms with Crippen molar-refractivity contribution in [3.63, 3.8) is 0 Å². The van der Waals surface area contributed by atoms with E-state index in [0.29, 0.717) is 6.54 Å². The lowest BCUT2D eigenvalue weighted by Gasteiger charge is -2.15. The molecule has 2 aromatic carbocycles. The van der Waals surface area contributed by atoms with Crippen LogP contribution in [-0.4, -0.2) is 24.4 Å². The number of halogens is 3. The Labute approximate surface area is 149 Å². The second kappa shape index (κ2) is 8.17. The Morgan fingerprint density at radius 3 is 2.57 bits per heavy atom. The molecule has 0 amide bonds. The SMILES string of the molecule is OC(CNc1cc(Br)ccc1Br)COc1cccc(Br)c1. The first-order chi connectivity index (χ1) is 10.0. The molecule has 2 aromatic rings. The van der Waals surface area contributed by atoms with Crippen LogP contribution < -0.4 is 10.1 Å². The molecule has 1 unspecified atom stereocenters. The topological polar surface area (TPSA) is 41.5 Å². The molecule has 0 saturated heterocycles. The van der Waals surface area contributed by atoms with Crippen molar-refractivity contribution in [3.8, 4) is 5.75 Å². The fraction of sp³-hybridized carbons (Fsp3) is 0.200. The third-order valence-electron chi connectivity index (χ3n) is 2.70. The minimum atomic E-state index is -0.602. The summed E-state index contributed by atoms with van der Waals surface area (Å²) in [4.78, 5) is 0. The first-order valence-corrected chi connectivity index (χ1v) is 8.68. The molecule has 21 heavy (non-hydrogen) atoms. The first kappa shape index (κ1) is 16.8. The fourth-order valence-electron chi connectivity index (χ4n) is 1.67. The van der Waals surface area contributed by atoms with Crippen LogP contribution >= 0.6 is 47.8 Å². The summed E-state index contributed by atoms with van der Waals surface area (Å²) in [6.07, 6.45) is -0.602. The van der Waals surface area contributed by atoms with E-state index in [1.807, 2.05) is 42.5 Å². The summed E-state index contributed by atoms with van der Waals surface area (Å²) in [6.45, 7) is 0.637. The third-order valence-corrected chi connectivity index (χ3v) is 4.37. The largest absolute Gasteiger partial charge is 0.491 e. The van der Waals surface area contributed by atoms with Gasteiger partial charge in [0.05, 0.1) is 0 Å². The number of hydrogen-bond donors (Lipinski definition) is 2. The zero-order valence-electron chi connectivity index (χ0n) is 11.0. The van der Waals surface area contributed by atoms with E-state index in [4.69, 9.17) is 4.74 Å². The quantitative estimate of drug-likeness (QED) is 0.623. The molecular formula is C15H14Br3NO2. The second-order valence-corrected chi connectivity index (χ2v) is 7.11. The number of anilines is 1. The number of aliphatic hydroxyl groups is 1. The molecule has 0 aliphatic carbocycles. The highest BCUT2D eigenvalue weighted by atomic mass is 79.9. The van der Waals surface area contributed by atoms with Crippen LogP contribution in [-0.2, 0) is 0 Å². The molecule has 0 aromatic heterocycles. The van der Waals surface area contributed by atoms with E-state index in [0.717, 1.165) is 24.9 Å². The summed E-state index contributed by atoms with van der Waals surface area (Å²) < 4.78 is 8.43.